The van der Waals surface area contributed by atoms with E-state index < -0.39 is 18.0 Å². The Hall–Kier alpha value is -2.38. The van der Waals surface area contributed by atoms with Crippen LogP contribution in [-0.4, -0.2) is 34.4 Å². The number of benzene rings is 1. The van der Waals surface area contributed by atoms with E-state index in [2.05, 4.69) is 5.10 Å². The quantitative estimate of drug-likeness (QED) is 0.637. The first-order valence-electron chi connectivity index (χ1n) is 8.11. The third-order valence-electron chi connectivity index (χ3n) is 4.22. The summed E-state index contributed by atoms with van der Waals surface area (Å²) in [5.74, 6) is -1.00. The summed E-state index contributed by atoms with van der Waals surface area (Å²) in [5, 5.41) is 6.11. The number of cyclic esters (lactones) is 1. The van der Waals surface area contributed by atoms with Crippen LogP contribution in [0.2, 0.25) is 5.02 Å². The van der Waals surface area contributed by atoms with Crippen LogP contribution in [0.5, 0.6) is 0 Å². The third kappa shape index (κ3) is 3.08. The van der Waals surface area contributed by atoms with Crippen LogP contribution in [0.15, 0.2) is 30.3 Å². The average Bonchev–Trinajstić information content (AvgIpc) is 3.29. The maximum absolute atomic E-state index is 12.4. The van der Waals surface area contributed by atoms with Crippen LogP contribution in [0.4, 0.5) is 0 Å². The second-order valence-corrected chi connectivity index (χ2v) is 7.45. The predicted molar refractivity (Wildman–Crippen MR) is 97.7 cm³/mol. The van der Waals surface area contributed by atoms with Crippen molar-refractivity contribution in [3.05, 3.63) is 51.5 Å². The van der Waals surface area contributed by atoms with Gasteiger partial charge in [0.25, 0.3) is 0 Å². The summed E-state index contributed by atoms with van der Waals surface area (Å²) < 4.78 is 11.9. The van der Waals surface area contributed by atoms with Gasteiger partial charge in [0.1, 0.15) is 9.71 Å². The van der Waals surface area contributed by atoms with E-state index in [0.29, 0.717) is 22.9 Å². The molecule has 1 fully saturated rings. The number of ether oxygens (including phenoxy) is 2. The highest BCUT2D eigenvalue weighted by molar-refractivity contribution is 7.20. The van der Waals surface area contributed by atoms with Crippen molar-refractivity contribution in [2.45, 2.75) is 26.0 Å². The minimum absolute atomic E-state index is 0.287. The molecule has 0 N–H and O–H groups in total. The van der Waals surface area contributed by atoms with Gasteiger partial charge in [0.2, 0.25) is 6.10 Å². The molecule has 3 aromatic rings. The molecule has 26 heavy (non-hydrogen) atoms. The molecule has 1 saturated heterocycles. The van der Waals surface area contributed by atoms with Gasteiger partial charge in [-0.1, -0.05) is 29.8 Å². The zero-order chi connectivity index (χ0) is 18.3. The summed E-state index contributed by atoms with van der Waals surface area (Å²) >= 11 is 7.53. The van der Waals surface area contributed by atoms with E-state index in [1.807, 2.05) is 35.9 Å². The number of carbonyl (C=O) groups is 2. The molecule has 134 valence electrons. The van der Waals surface area contributed by atoms with Gasteiger partial charge in [-0.3, -0.25) is 4.68 Å². The van der Waals surface area contributed by atoms with Crippen molar-refractivity contribution in [2.24, 2.45) is 0 Å². The molecule has 1 atom stereocenters. The van der Waals surface area contributed by atoms with Gasteiger partial charge >= 0.3 is 11.9 Å². The Morgan fingerprint density at radius 3 is 3.00 bits per heavy atom. The molecule has 0 amide bonds. The molecule has 0 aliphatic carbocycles. The third-order valence-corrected chi connectivity index (χ3v) is 5.72. The number of hydrogen-bond donors (Lipinski definition) is 0. The minimum atomic E-state index is -0.812. The molecule has 4 rings (SSSR count). The predicted octanol–water partition coefficient (Wildman–Crippen LogP) is 3.58. The normalized spacial score (nSPS) is 16.8. The second-order valence-electron chi connectivity index (χ2n) is 6.01. The topological polar surface area (TPSA) is 70.4 Å². The smallest absolute Gasteiger partial charge is 0.349 e. The molecule has 0 radical (unpaired) electrons. The van der Waals surface area contributed by atoms with Crippen LogP contribution in [0.1, 0.15) is 27.3 Å². The summed E-state index contributed by atoms with van der Waals surface area (Å²) in [6.07, 6.45) is -0.414. The van der Waals surface area contributed by atoms with Crippen molar-refractivity contribution >= 4 is 45.1 Å². The van der Waals surface area contributed by atoms with E-state index in [-0.39, 0.29) is 6.61 Å². The van der Waals surface area contributed by atoms with Gasteiger partial charge in [-0.15, -0.1) is 11.3 Å². The zero-order valence-corrected chi connectivity index (χ0v) is 15.5. The van der Waals surface area contributed by atoms with Crippen LogP contribution in [0.25, 0.3) is 10.2 Å². The molecule has 3 heterocycles. The molecule has 0 bridgehead atoms. The number of aromatic nitrogens is 2. The minimum Gasteiger partial charge on any atom is -0.463 e. The lowest BCUT2D eigenvalue weighted by Gasteiger charge is -2.07. The maximum atomic E-state index is 12.4. The van der Waals surface area contributed by atoms with Crippen LogP contribution in [0, 0.1) is 6.92 Å². The van der Waals surface area contributed by atoms with Gasteiger partial charge in [0.05, 0.1) is 18.8 Å². The van der Waals surface area contributed by atoms with Crippen LogP contribution >= 0.6 is 22.9 Å². The van der Waals surface area contributed by atoms with E-state index in [1.54, 1.807) is 6.07 Å². The van der Waals surface area contributed by atoms with Gasteiger partial charge in [-0.2, -0.15) is 5.10 Å². The number of thiophene rings is 1. The first-order chi connectivity index (χ1) is 12.5. The fourth-order valence-corrected chi connectivity index (χ4v) is 4.12. The maximum Gasteiger partial charge on any atom is 0.349 e. The lowest BCUT2D eigenvalue weighted by molar-refractivity contribution is -0.145. The lowest BCUT2D eigenvalue weighted by atomic mass is 10.2. The number of fused-ring (bicyclic) bond motifs is 1. The van der Waals surface area contributed by atoms with E-state index in [0.717, 1.165) is 21.5 Å². The van der Waals surface area contributed by atoms with Crippen molar-refractivity contribution in [1.29, 1.82) is 0 Å². The second kappa shape index (κ2) is 6.74. The van der Waals surface area contributed by atoms with E-state index in [1.165, 1.54) is 11.3 Å². The van der Waals surface area contributed by atoms with Gasteiger partial charge in [-0.25, -0.2) is 9.59 Å². The monoisotopic (exact) mass is 390 g/mol. The number of esters is 2. The molecule has 1 unspecified atom stereocenters. The van der Waals surface area contributed by atoms with Gasteiger partial charge in [0.15, 0.2) is 0 Å². The first-order valence-corrected chi connectivity index (χ1v) is 9.30. The lowest BCUT2D eigenvalue weighted by Crippen LogP contribution is -2.22. The Kier molecular flexibility index (Phi) is 4.42. The SMILES string of the molecule is Cc1nn(Cc2ccccc2Cl)c2sc(C(=O)OC3CCOC3=O)cc12. The fraction of sp³-hybridized carbons (Fsp3) is 0.278. The molecular formula is C18H15ClN2O4S. The summed E-state index contributed by atoms with van der Waals surface area (Å²) in [4.78, 5) is 25.2. The molecule has 1 aliphatic heterocycles. The van der Waals surface area contributed by atoms with Crippen molar-refractivity contribution in [2.75, 3.05) is 6.61 Å². The molecule has 2 aromatic heterocycles. The Balaban J connectivity index is 1.62. The van der Waals surface area contributed by atoms with Gasteiger partial charge < -0.3 is 9.47 Å². The van der Waals surface area contributed by atoms with Crippen LogP contribution in [-0.2, 0) is 20.8 Å². The fourth-order valence-electron chi connectivity index (χ4n) is 2.88. The van der Waals surface area contributed by atoms with Gasteiger partial charge in [0, 0.05) is 16.8 Å². The zero-order valence-electron chi connectivity index (χ0n) is 13.9. The molecule has 1 aromatic carbocycles. The standard InChI is InChI=1S/C18H15ClN2O4S/c1-10-12-8-15(18(23)25-14-6-7-24-17(14)22)26-16(12)21(20-10)9-11-4-2-3-5-13(11)19/h2-5,8,14H,6-7,9H2,1H3. The number of hydrogen-bond acceptors (Lipinski definition) is 6. The number of rotatable bonds is 4. The van der Waals surface area contributed by atoms with Crippen molar-refractivity contribution in [3.8, 4) is 0 Å². The van der Waals surface area contributed by atoms with E-state index in [4.69, 9.17) is 21.1 Å². The Bertz CT molecular complexity index is 1010. The van der Waals surface area contributed by atoms with Crippen molar-refractivity contribution in [1.82, 2.24) is 9.78 Å². The number of aryl methyl sites for hydroxylation is 1. The Labute approximate surface area is 158 Å². The van der Waals surface area contributed by atoms with Gasteiger partial charge in [-0.05, 0) is 24.6 Å². The summed E-state index contributed by atoms with van der Waals surface area (Å²) in [6, 6.07) is 9.34. The number of carbonyl (C=O) groups excluding carboxylic acids is 2. The summed E-state index contributed by atoms with van der Waals surface area (Å²) in [5.41, 5.74) is 1.77. The van der Waals surface area contributed by atoms with Crippen molar-refractivity contribution < 1.29 is 19.1 Å². The van der Waals surface area contributed by atoms with Crippen LogP contribution in [0.3, 0.4) is 0 Å². The Morgan fingerprint density at radius 1 is 1.46 bits per heavy atom. The molecule has 6 nitrogen and oxygen atoms in total. The van der Waals surface area contributed by atoms with E-state index >= 15 is 0 Å². The average molecular weight is 391 g/mol. The molecular weight excluding hydrogens is 376 g/mol. The highest BCUT2D eigenvalue weighted by atomic mass is 35.5. The number of halogens is 1. The van der Waals surface area contributed by atoms with Crippen LogP contribution < -0.4 is 0 Å². The van der Waals surface area contributed by atoms with E-state index in [9.17, 15) is 9.59 Å². The summed E-state index contributed by atoms with van der Waals surface area (Å²) in [6.45, 7) is 2.69. The highest BCUT2D eigenvalue weighted by Crippen LogP contribution is 2.30. The first kappa shape index (κ1) is 17.1. The highest BCUT2D eigenvalue weighted by Gasteiger charge is 2.31. The molecule has 0 saturated carbocycles. The number of nitrogens with zero attached hydrogens (tertiary/aromatic N) is 2. The largest absolute Gasteiger partial charge is 0.463 e. The molecule has 8 heteroatoms. The molecule has 1 aliphatic rings. The Morgan fingerprint density at radius 2 is 2.27 bits per heavy atom. The van der Waals surface area contributed by atoms with Crippen molar-refractivity contribution in [3.63, 3.8) is 0 Å². The molecule has 0 spiro atoms. The summed E-state index contributed by atoms with van der Waals surface area (Å²) in [7, 11) is 0.